The van der Waals surface area contributed by atoms with Gasteiger partial charge in [0.15, 0.2) is 0 Å². The van der Waals surface area contributed by atoms with Gasteiger partial charge in [0.25, 0.3) is 5.91 Å². The minimum absolute atomic E-state index is 0.0869. The number of hydrogen-bond donors (Lipinski definition) is 4. The minimum Gasteiger partial charge on any atom is -0.356 e. The molecule has 3 atom stereocenters. The van der Waals surface area contributed by atoms with E-state index in [1.165, 1.54) is 0 Å². The largest absolute Gasteiger partial charge is 0.356 e. The predicted molar refractivity (Wildman–Crippen MR) is 125 cm³/mol. The van der Waals surface area contributed by atoms with E-state index in [0.29, 0.717) is 46.3 Å². The number of amides is 3. The Hall–Kier alpha value is -2.76. The number of carbonyl (C=O) groups is 3. The molecular formula is C23H25Cl2N5O3. The molecule has 3 unspecified atom stereocenters. The molecule has 2 aliphatic rings. The molecule has 2 aromatic rings. The van der Waals surface area contributed by atoms with Gasteiger partial charge in [-0.15, -0.1) is 0 Å². The van der Waals surface area contributed by atoms with Gasteiger partial charge in [-0.1, -0.05) is 36.0 Å². The topological polar surface area (TPSA) is 127 Å². The van der Waals surface area contributed by atoms with Gasteiger partial charge in [-0.05, 0) is 49.8 Å². The molecule has 8 nitrogen and oxygen atoms in total. The fraction of sp³-hybridized carbons (Fsp3) is 0.478. The molecular weight excluding hydrogens is 465 g/mol. The Bertz CT molecular complexity index is 1120. The molecule has 0 radical (unpaired) electrons. The fourth-order valence-electron chi connectivity index (χ4n) is 4.20. The first-order valence-corrected chi connectivity index (χ1v) is 11.9. The maximum Gasteiger partial charge on any atom is 0.268 e. The molecule has 1 aliphatic heterocycles. The molecule has 10 heteroatoms. The number of nitriles is 1. The van der Waals surface area contributed by atoms with E-state index in [1.54, 1.807) is 18.2 Å². The second-order valence-electron chi connectivity index (χ2n) is 8.79. The van der Waals surface area contributed by atoms with Crippen molar-refractivity contribution in [3.8, 4) is 6.07 Å². The van der Waals surface area contributed by atoms with Gasteiger partial charge < -0.3 is 20.9 Å². The molecule has 4 N–H and O–H groups in total. The molecule has 1 aliphatic carbocycles. The third-order valence-electron chi connectivity index (χ3n) is 6.18. The molecule has 174 valence electrons. The van der Waals surface area contributed by atoms with Gasteiger partial charge in [0.1, 0.15) is 17.8 Å². The maximum atomic E-state index is 13.0. The predicted octanol–water partition coefficient (Wildman–Crippen LogP) is 3.30. The molecule has 2 heterocycles. The fourth-order valence-corrected chi connectivity index (χ4v) is 4.75. The Kier molecular flexibility index (Phi) is 7.11. The molecule has 1 saturated heterocycles. The standard InChI is InChI=1S/C23H25Cl2N5O3/c24-14-8-17(25)16-10-20(29-18(16)9-14)23(33)30-19(6-12-3-4-12)22(32)28-15(11-26)7-13-2-1-5-27-21(13)31/h8-10,12-13,15,19,29H,1-7H2,(H,27,31)(H,28,32)(H,30,33). The van der Waals surface area contributed by atoms with Crippen molar-refractivity contribution in [2.45, 2.75) is 50.6 Å². The maximum absolute atomic E-state index is 13.0. The van der Waals surface area contributed by atoms with Crippen LogP contribution in [0.5, 0.6) is 0 Å². The number of rotatable bonds is 8. The Morgan fingerprint density at radius 3 is 2.64 bits per heavy atom. The minimum atomic E-state index is -0.807. The number of aromatic amines is 1. The summed E-state index contributed by atoms with van der Waals surface area (Å²) in [5.41, 5.74) is 0.884. The summed E-state index contributed by atoms with van der Waals surface area (Å²) >= 11 is 12.3. The molecule has 1 aromatic heterocycles. The average Bonchev–Trinajstić information content (AvgIpc) is 3.49. The first-order valence-electron chi connectivity index (χ1n) is 11.1. The summed E-state index contributed by atoms with van der Waals surface area (Å²) in [7, 11) is 0. The summed E-state index contributed by atoms with van der Waals surface area (Å²) in [6.45, 7) is 0.638. The number of piperidine rings is 1. The second kappa shape index (κ2) is 10.0. The summed E-state index contributed by atoms with van der Waals surface area (Å²) < 4.78 is 0. The number of carbonyl (C=O) groups excluding carboxylic acids is 3. The van der Waals surface area contributed by atoms with Gasteiger partial charge in [-0.3, -0.25) is 14.4 Å². The van der Waals surface area contributed by atoms with Crippen LogP contribution in [0.15, 0.2) is 18.2 Å². The molecule has 1 saturated carbocycles. The number of nitrogens with one attached hydrogen (secondary N) is 4. The van der Waals surface area contributed by atoms with E-state index in [9.17, 15) is 19.6 Å². The van der Waals surface area contributed by atoms with Crippen LogP contribution in [0, 0.1) is 23.2 Å². The van der Waals surface area contributed by atoms with Gasteiger partial charge in [-0.2, -0.15) is 5.26 Å². The number of fused-ring (bicyclic) bond motifs is 1. The van der Waals surface area contributed by atoms with Crippen molar-refractivity contribution in [1.29, 1.82) is 5.26 Å². The molecule has 33 heavy (non-hydrogen) atoms. The number of halogens is 2. The molecule has 0 bridgehead atoms. The van der Waals surface area contributed by atoms with Gasteiger partial charge in [0.2, 0.25) is 11.8 Å². The molecule has 2 fully saturated rings. The van der Waals surface area contributed by atoms with Crippen molar-refractivity contribution in [2.75, 3.05) is 6.54 Å². The van der Waals surface area contributed by atoms with Crippen LogP contribution in [-0.2, 0) is 9.59 Å². The Morgan fingerprint density at radius 1 is 1.15 bits per heavy atom. The van der Waals surface area contributed by atoms with E-state index in [4.69, 9.17) is 23.2 Å². The normalized spacial score (nSPS) is 19.9. The van der Waals surface area contributed by atoms with E-state index >= 15 is 0 Å². The highest BCUT2D eigenvalue weighted by atomic mass is 35.5. The van der Waals surface area contributed by atoms with E-state index in [0.717, 1.165) is 19.3 Å². The number of hydrogen-bond acceptors (Lipinski definition) is 4. The van der Waals surface area contributed by atoms with Crippen LogP contribution in [0.25, 0.3) is 10.9 Å². The summed E-state index contributed by atoms with van der Waals surface area (Å²) in [6.07, 6.45) is 4.29. The Morgan fingerprint density at radius 2 is 1.94 bits per heavy atom. The van der Waals surface area contributed by atoms with Crippen LogP contribution < -0.4 is 16.0 Å². The van der Waals surface area contributed by atoms with E-state index in [2.05, 4.69) is 27.0 Å². The zero-order valence-electron chi connectivity index (χ0n) is 17.9. The third-order valence-corrected chi connectivity index (χ3v) is 6.71. The monoisotopic (exact) mass is 489 g/mol. The quantitative estimate of drug-likeness (QED) is 0.453. The average molecular weight is 490 g/mol. The van der Waals surface area contributed by atoms with Crippen LogP contribution in [0.4, 0.5) is 0 Å². The van der Waals surface area contributed by atoms with Crippen molar-refractivity contribution in [1.82, 2.24) is 20.9 Å². The van der Waals surface area contributed by atoms with Crippen molar-refractivity contribution >= 4 is 51.8 Å². The smallest absolute Gasteiger partial charge is 0.268 e. The lowest BCUT2D eigenvalue weighted by Gasteiger charge is -2.25. The highest BCUT2D eigenvalue weighted by molar-refractivity contribution is 6.38. The lowest BCUT2D eigenvalue weighted by atomic mass is 9.92. The van der Waals surface area contributed by atoms with Crippen molar-refractivity contribution in [3.05, 3.63) is 33.9 Å². The van der Waals surface area contributed by atoms with Crippen LogP contribution >= 0.6 is 23.2 Å². The lowest BCUT2D eigenvalue weighted by molar-refractivity contribution is -0.128. The van der Waals surface area contributed by atoms with Gasteiger partial charge in [0, 0.05) is 28.4 Å². The van der Waals surface area contributed by atoms with Crippen LogP contribution in [0.2, 0.25) is 10.0 Å². The molecule has 0 spiro atoms. The van der Waals surface area contributed by atoms with Crippen molar-refractivity contribution < 1.29 is 14.4 Å². The summed E-state index contributed by atoms with van der Waals surface area (Å²) in [4.78, 5) is 41.0. The zero-order valence-corrected chi connectivity index (χ0v) is 19.4. The van der Waals surface area contributed by atoms with Gasteiger partial charge in [-0.25, -0.2) is 0 Å². The van der Waals surface area contributed by atoms with Crippen LogP contribution in [-0.4, -0.2) is 41.3 Å². The van der Waals surface area contributed by atoms with E-state index < -0.39 is 23.9 Å². The zero-order chi connectivity index (χ0) is 23.5. The summed E-state index contributed by atoms with van der Waals surface area (Å²) in [5.74, 6) is -0.893. The SMILES string of the molecule is N#CC(CC1CCCNC1=O)NC(=O)C(CC1CC1)NC(=O)c1cc2c(Cl)cc(Cl)cc2[nH]1. The Labute approximate surface area is 201 Å². The highest BCUT2D eigenvalue weighted by Gasteiger charge is 2.33. The molecule has 4 rings (SSSR count). The Balaban J connectivity index is 1.44. The molecule has 1 aromatic carbocycles. The summed E-state index contributed by atoms with van der Waals surface area (Å²) in [5, 5.41) is 19.4. The van der Waals surface area contributed by atoms with Gasteiger partial charge >= 0.3 is 0 Å². The number of H-pyrrole nitrogens is 1. The van der Waals surface area contributed by atoms with E-state index in [1.807, 2.05) is 0 Å². The number of nitrogens with zero attached hydrogens (tertiary/aromatic N) is 1. The molecule has 3 amide bonds. The van der Waals surface area contributed by atoms with Crippen LogP contribution in [0.1, 0.15) is 49.0 Å². The highest BCUT2D eigenvalue weighted by Crippen LogP contribution is 2.34. The number of benzene rings is 1. The van der Waals surface area contributed by atoms with E-state index in [-0.39, 0.29) is 23.9 Å². The first kappa shape index (κ1) is 23.4. The van der Waals surface area contributed by atoms with Crippen molar-refractivity contribution in [2.24, 2.45) is 11.8 Å². The van der Waals surface area contributed by atoms with Gasteiger partial charge in [0.05, 0.1) is 11.1 Å². The third kappa shape index (κ3) is 5.79. The lowest BCUT2D eigenvalue weighted by Crippen LogP contribution is -2.50. The van der Waals surface area contributed by atoms with Crippen LogP contribution in [0.3, 0.4) is 0 Å². The second-order valence-corrected chi connectivity index (χ2v) is 9.64. The first-order chi connectivity index (χ1) is 15.8. The number of aromatic nitrogens is 1. The van der Waals surface area contributed by atoms with Crippen molar-refractivity contribution in [3.63, 3.8) is 0 Å². The summed E-state index contributed by atoms with van der Waals surface area (Å²) in [6, 6.07) is 5.38.